The first kappa shape index (κ1) is 17.3. The Morgan fingerprint density at radius 3 is 2.78 bits per heavy atom. The van der Waals surface area contributed by atoms with Gasteiger partial charge in [0.15, 0.2) is 0 Å². The molecule has 27 heavy (non-hydrogen) atoms. The van der Waals surface area contributed by atoms with Crippen LogP contribution in [0.3, 0.4) is 0 Å². The maximum absolute atomic E-state index is 14.1. The second-order valence-corrected chi connectivity index (χ2v) is 6.76. The van der Waals surface area contributed by atoms with E-state index in [4.69, 9.17) is 4.98 Å². The summed E-state index contributed by atoms with van der Waals surface area (Å²) < 4.78 is 14.1. The zero-order chi connectivity index (χ0) is 18.6. The highest BCUT2D eigenvalue weighted by atomic mass is 19.1. The first-order chi connectivity index (χ1) is 13.2. The van der Waals surface area contributed by atoms with Crippen LogP contribution in [0.4, 0.5) is 4.39 Å². The van der Waals surface area contributed by atoms with Gasteiger partial charge in [-0.1, -0.05) is 18.2 Å². The molecule has 1 saturated heterocycles. The minimum atomic E-state index is -0.279. The molecule has 0 spiro atoms. The van der Waals surface area contributed by atoms with E-state index in [1.165, 1.54) is 6.07 Å². The number of pyridine rings is 2. The second kappa shape index (κ2) is 7.66. The van der Waals surface area contributed by atoms with Gasteiger partial charge in [-0.05, 0) is 49.2 Å². The van der Waals surface area contributed by atoms with Crippen molar-refractivity contribution in [1.29, 1.82) is 0 Å². The summed E-state index contributed by atoms with van der Waals surface area (Å²) in [5.74, 6) is -0.136. The van der Waals surface area contributed by atoms with Crippen molar-refractivity contribution >= 4 is 5.91 Å². The van der Waals surface area contributed by atoms with E-state index in [1.807, 2.05) is 29.2 Å². The lowest BCUT2D eigenvalue weighted by molar-refractivity contribution is 0.0705. The third-order valence-corrected chi connectivity index (χ3v) is 4.96. The lowest BCUT2D eigenvalue weighted by Gasteiger charge is -2.32. The highest BCUT2D eigenvalue weighted by Gasteiger charge is 2.26. The third-order valence-electron chi connectivity index (χ3n) is 4.96. The van der Waals surface area contributed by atoms with Gasteiger partial charge in [0.25, 0.3) is 5.91 Å². The number of hydrogen-bond donors (Lipinski definition) is 0. The van der Waals surface area contributed by atoms with Crippen molar-refractivity contribution in [3.63, 3.8) is 0 Å². The summed E-state index contributed by atoms with van der Waals surface area (Å²) >= 11 is 0. The Balaban J connectivity index is 1.56. The van der Waals surface area contributed by atoms with E-state index in [1.54, 1.807) is 36.7 Å². The summed E-state index contributed by atoms with van der Waals surface area (Å²) in [7, 11) is 0. The Hall–Kier alpha value is -3.08. The van der Waals surface area contributed by atoms with Crippen LogP contribution in [-0.4, -0.2) is 33.9 Å². The average Bonchev–Trinajstić information content (AvgIpc) is 2.74. The molecule has 136 valence electrons. The van der Waals surface area contributed by atoms with Crippen molar-refractivity contribution in [1.82, 2.24) is 14.9 Å². The van der Waals surface area contributed by atoms with Gasteiger partial charge in [-0.2, -0.15) is 0 Å². The number of aromatic nitrogens is 2. The zero-order valence-electron chi connectivity index (χ0n) is 14.9. The molecule has 1 aliphatic heterocycles. The van der Waals surface area contributed by atoms with Crippen LogP contribution >= 0.6 is 0 Å². The van der Waals surface area contributed by atoms with Crippen molar-refractivity contribution in [2.75, 3.05) is 13.1 Å². The molecule has 0 saturated carbocycles. The number of carbonyl (C=O) groups is 1. The molecule has 2 aromatic heterocycles. The first-order valence-corrected chi connectivity index (χ1v) is 9.13. The van der Waals surface area contributed by atoms with Crippen LogP contribution < -0.4 is 0 Å². The Morgan fingerprint density at radius 2 is 1.96 bits per heavy atom. The third kappa shape index (κ3) is 3.72. The summed E-state index contributed by atoms with van der Waals surface area (Å²) in [5, 5.41) is 0. The van der Waals surface area contributed by atoms with Crippen LogP contribution in [-0.2, 0) is 0 Å². The number of carbonyl (C=O) groups excluding carboxylic acids is 1. The van der Waals surface area contributed by atoms with Crippen molar-refractivity contribution in [3.05, 3.63) is 84.1 Å². The van der Waals surface area contributed by atoms with Gasteiger partial charge >= 0.3 is 0 Å². The van der Waals surface area contributed by atoms with Crippen molar-refractivity contribution in [2.24, 2.45) is 0 Å². The number of nitrogens with zero attached hydrogens (tertiary/aromatic N) is 3. The second-order valence-electron chi connectivity index (χ2n) is 6.76. The molecule has 3 aromatic rings. The normalized spacial score (nSPS) is 16.9. The number of rotatable bonds is 3. The maximum Gasteiger partial charge on any atom is 0.255 e. The highest BCUT2D eigenvalue weighted by molar-refractivity contribution is 5.94. The zero-order valence-corrected chi connectivity index (χ0v) is 14.9. The average molecular weight is 361 g/mol. The predicted octanol–water partition coefficient (Wildman–Crippen LogP) is 4.30. The number of likely N-dealkylation sites (tertiary alicyclic amines) is 1. The number of benzene rings is 1. The van der Waals surface area contributed by atoms with E-state index in [0.717, 1.165) is 25.1 Å². The molecule has 4 rings (SSSR count). The Kier molecular flexibility index (Phi) is 4.92. The first-order valence-electron chi connectivity index (χ1n) is 9.13. The SMILES string of the molecule is O=C(c1cccnc1)N1CCC[C@H](c2cccc(-c3ccccc3F)n2)C1. The molecule has 3 heterocycles. The number of halogens is 1. The van der Waals surface area contributed by atoms with Crippen LogP contribution in [0.1, 0.15) is 34.8 Å². The van der Waals surface area contributed by atoms with Crippen LogP contribution in [0.5, 0.6) is 0 Å². The molecule has 1 amide bonds. The Morgan fingerprint density at radius 1 is 1.07 bits per heavy atom. The van der Waals surface area contributed by atoms with Gasteiger partial charge in [0, 0.05) is 42.7 Å². The lowest BCUT2D eigenvalue weighted by Crippen LogP contribution is -2.39. The summed E-state index contributed by atoms with van der Waals surface area (Å²) in [5.41, 5.74) is 2.63. The number of hydrogen-bond acceptors (Lipinski definition) is 3. The summed E-state index contributed by atoms with van der Waals surface area (Å²) in [6, 6.07) is 15.9. The van der Waals surface area contributed by atoms with Crippen LogP contribution in [0.25, 0.3) is 11.3 Å². The molecule has 0 unspecified atom stereocenters. The van der Waals surface area contributed by atoms with Gasteiger partial charge in [-0.3, -0.25) is 14.8 Å². The highest BCUT2D eigenvalue weighted by Crippen LogP contribution is 2.29. The summed E-state index contributed by atoms with van der Waals surface area (Å²) in [6.45, 7) is 1.35. The van der Waals surface area contributed by atoms with E-state index in [0.29, 0.717) is 23.4 Å². The topological polar surface area (TPSA) is 46.1 Å². The minimum Gasteiger partial charge on any atom is -0.338 e. The minimum absolute atomic E-state index is 0.00180. The Bertz CT molecular complexity index is 945. The van der Waals surface area contributed by atoms with E-state index in [9.17, 15) is 9.18 Å². The van der Waals surface area contributed by atoms with Gasteiger partial charge in [0.2, 0.25) is 0 Å². The predicted molar refractivity (Wildman–Crippen MR) is 102 cm³/mol. The largest absolute Gasteiger partial charge is 0.338 e. The monoisotopic (exact) mass is 361 g/mol. The fourth-order valence-electron chi connectivity index (χ4n) is 3.57. The molecule has 0 radical (unpaired) electrons. The number of piperidine rings is 1. The van der Waals surface area contributed by atoms with Gasteiger partial charge in [-0.15, -0.1) is 0 Å². The Labute approximate surface area is 157 Å². The van der Waals surface area contributed by atoms with E-state index in [-0.39, 0.29) is 17.6 Å². The molecule has 1 fully saturated rings. The van der Waals surface area contributed by atoms with E-state index >= 15 is 0 Å². The van der Waals surface area contributed by atoms with Gasteiger partial charge < -0.3 is 4.90 Å². The van der Waals surface area contributed by atoms with E-state index < -0.39 is 0 Å². The van der Waals surface area contributed by atoms with E-state index in [2.05, 4.69) is 4.98 Å². The van der Waals surface area contributed by atoms with Gasteiger partial charge in [0.05, 0.1) is 11.3 Å². The van der Waals surface area contributed by atoms with Crippen molar-refractivity contribution in [3.8, 4) is 11.3 Å². The molecular weight excluding hydrogens is 341 g/mol. The molecule has 1 aromatic carbocycles. The molecule has 1 aliphatic rings. The van der Waals surface area contributed by atoms with Crippen molar-refractivity contribution < 1.29 is 9.18 Å². The molecule has 4 nitrogen and oxygen atoms in total. The molecule has 0 bridgehead atoms. The van der Waals surface area contributed by atoms with Gasteiger partial charge in [0.1, 0.15) is 5.82 Å². The van der Waals surface area contributed by atoms with Crippen LogP contribution in [0.2, 0.25) is 0 Å². The molecule has 5 heteroatoms. The van der Waals surface area contributed by atoms with Gasteiger partial charge in [-0.25, -0.2) is 4.39 Å². The summed E-state index contributed by atoms with van der Waals surface area (Å²) in [6.07, 6.45) is 5.14. The number of amides is 1. The lowest BCUT2D eigenvalue weighted by atomic mass is 9.93. The molecule has 1 atom stereocenters. The molecule has 0 aliphatic carbocycles. The van der Waals surface area contributed by atoms with Crippen LogP contribution in [0.15, 0.2) is 67.0 Å². The quantitative estimate of drug-likeness (QED) is 0.699. The molecule has 0 N–H and O–H groups in total. The fourth-order valence-corrected chi connectivity index (χ4v) is 3.57. The standard InChI is InChI=1S/C22H20FN3O/c23-19-9-2-1-8-18(19)21-11-3-10-20(25-21)17-7-5-13-26(15-17)22(27)16-6-4-12-24-14-16/h1-4,6,8-12,14,17H,5,7,13,15H2/t17-/m0/s1. The maximum atomic E-state index is 14.1. The van der Waals surface area contributed by atoms with Crippen molar-refractivity contribution in [2.45, 2.75) is 18.8 Å². The fraction of sp³-hybridized carbons (Fsp3) is 0.227. The van der Waals surface area contributed by atoms with Crippen LogP contribution in [0, 0.1) is 5.82 Å². The smallest absolute Gasteiger partial charge is 0.255 e. The summed E-state index contributed by atoms with van der Waals surface area (Å²) in [4.78, 5) is 23.3. The molecular formula is C22H20FN3O.